The number of ketones is 1. The lowest BCUT2D eigenvalue weighted by Crippen LogP contribution is -2.03. The standard InChI is InChI=1S/C14H11NO5/c1-8-2-4-9(5-3-8)13(17)11-6-10(15(19)20)7-12(16)14(11)18/h2-7,16,18H,1H3. The highest BCUT2D eigenvalue weighted by molar-refractivity contribution is 6.11. The Kier molecular flexibility index (Phi) is 3.39. The number of rotatable bonds is 3. The van der Waals surface area contributed by atoms with E-state index in [0.717, 1.165) is 17.7 Å². The maximum atomic E-state index is 12.2. The maximum absolute atomic E-state index is 12.2. The average Bonchev–Trinajstić information content (AvgIpc) is 2.41. The first kappa shape index (κ1) is 13.5. The second-order valence-electron chi connectivity index (χ2n) is 4.31. The van der Waals surface area contributed by atoms with E-state index in [4.69, 9.17) is 0 Å². The van der Waals surface area contributed by atoms with E-state index in [9.17, 15) is 25.1 Å². The van der Waals surface area contributed by atoms with E-state index in [-0.39, 0.29) is 11.1 Å². The number of hydrogen-bond acceptors (Lipinski definition) is 5. The molecule has 0 radical (unpaired) electrons. The number of phenolic OH excluding ortho intramolecular Hbond substituents is 2. The average molecular weight is 273 g/mol. The second kappa shape index (κ2) is 5.00. The molecule has 0 unspecified atom stereocenters. The van der Waals surface area contributed by atoms with E-state index in [2.05, 4.69) is 0 Å². The topological polar surface area (TPSA) is 101 Å². The first-order valence-corrected chi connectivity index (χ1v) is 5.72. The zero-order valence-corrected chi connectivity index (χ0v) is 10.5. The lowest BCUT2D eigenvalue weighted by atomic mass is 10.0. The summed E-state index contributed by atoms with van der Waals surface area (Å²) in [5, 5.41) is 29.9. The second-order valence-corrected chi connectivity index (χ2v) is 4.31. The number of non-ortho nitro benzene ring substituents is 1. The quantitative estimate of drug-likeness (QED) is 0.387. The van der Waals surface area contributed by atoms with Crippen molar-refractivity contribution in [2.45, 2.75) is 6.92 Å². The molecule has 0 aliphatic carbocycles. The molecule has 0 heterocycles. The van der Waals surface area contributed by atoms with Gasteiger partial charge in [-0.15, -0.1) is 0 Å². The van der Waals surface area contributed by atoms with Crippen LogP contribution < -0.4 is 0 Å². The van der Waals surface area contributed by atoms with Gasteiger partial charge in [-0.25, -0.2) is 0 Å². The Hall–Kier alpha value is -2.89. The molecular weight excluding hydrogens is 262 g/mol. The van der Waals surface area contributed by atoms with E-state index in [1.54, 1.807) is 24.3 Å². The first-order valence-electron chi connectivity index (χ1n) is 5.72. The lowest BCUT2D eigenvalue weighted by Gasteiger charge is -2.06. The number of phenols is 2. The molecule has 6 nitrogen and oxygen atoms in total. The Bertz CT molecular complexity index is 691. The van der Waals surface area contributed by atoms with Crippen LogP contribution in [0.3, 0.4) is 0 Å². The summed E-state index contributed by atoms with van der Waals surface area (Å²) in [6.07, 6.45) is 0. The van der Waals surface area contributed by atoms with Crippen LogP contribution in [0.15, 0.2) is 36.4 Å². The Morgan fingerprint density at radius 2 is 1.75 bits per heavy atom. The minimum atomic E-state index is -0.745. The number of nitro groups is 1. The monoisotopic (exact) mass is 273 g/mol. The van der Waals surface area contributed by atoms with Crippen molar-refractivity contribution < 1.29 is 19.9 Å². The van der Waals surface area contributed by atoms with Crippen molar-refractivity contribution in [2.75, 3.05) is 0 Å². The molecule has 0 saturated carbocycles. The molecular formula is C14H11NO5. The number of carbonyl (C=O) groups is 1. The van der Waals surface area contributed by atoms with Crippen LogP contribution in [0.5, 0.6) is 11.5 Å². The minimum absolute atomic E-state index is 0.269. The number of nitrogens with zero attached hydrogens (tertiary/aromatic N) is 1. The molecule has 0 fully saturated rings. The summed E-state index contributed by atoms with van der Waals surface area (Å²) in [5.74, 6) is -1.96. The lowest BCUT2D eigenvalue weighted by molar-refractivity contribution is -0.385. The molecule has 0 aromatic heterocycles. The molecule has 2 aromatic rings. The smallest absolute Gasteiger partial charge is 0.274 e. The highest BCUT2D eigenvalue weighted by atomic mass is 16.6. The molecule has 2 N–H and O–H groups in total. The Morgan fingerprint density at radius 3 is 2.30 bits per heavy atom. The van der Waals surface area contributed by atoms with Crippen molar-refractivity contribution in [1.29, 1.82) is 0 Å². The van der Waals surface area contributed by atoms with Crippen LogP contribution in [0.2, 0.25) is 0 Å². The fourth-order valence-corrected chi connectivity index (χ4v) is 1.74. The third-order valence-electron chi connectivity index (χ3n) is 2.84. The normalized spacial score (nSPS) is 10.2. The van der Waals surface area contributed by atoms with Gasteiger partial charge in [0.2, 0.25) is 0 Å². The van der Waals surface area contributed by atoms with E-state index in [1.165, 1.54) is 0 Å². The fraction of sp³-hybridized carbons (Fsp3) is 0.0714. The molecule has 0 amide bonds. The zero-order chi connectivity index (χ0) is 14.9. The summed E-state index contributed by atoms with van der Waals surface area (Å²) in [7, 11) is 0. The van der Waals surface area contributed by atoms with Crippen LogP contribution in [0, 0.1) is 17.0 Å². The van der Waals surface area contributed by atoms with Crippen molar-refractivity contribution in [3.63, 3.8) is 0 Å². The van der Waals surface area contributed by atoms with Crippen molar-refractivity contribution in [2.24, 2.45) is 0 Å². The molecule has 0 spiro atoms. The molecule has 6 heteroatoms. The van der Waals surface area contributed by atoms with E-state index in [1.807, 2.05) is 6.92 Å². The highest BCUT2D eigenvalue weighted by Gasteiger charge is 2.21. The van der Waals surface area contributed by atoms with Gasteiger partial charge < -0.3 is 10.2 Å². The summed E-state index contributed by atoms with van der Waals surface area (Å²) >= 11 is 0. The van der Waals surface area contributed by atoms with Crippen molar-refractivity contribution in [3.05, 3.63) is 63.2 Å². The predicted octanol–water partition coefficient (Wildman–Crippen LogP) is 2.55. The summed E-state index contributed by atoms with van der Waals surface area (Å²) in [6, 6.07) is 8.25. The van der Waals surface area contributed by atoms with Gasteiger partial charge in [0.15, 0.2) is 17.3 Å². The summed E-state index contributed by atoms with van der Waals surface area (Å²) in [4.78, 5) is 22.2. The van der Waals surface area contributed by atoms with Gasteiger partial charge in [0.1, 0.15) is 0 Å². The summed E-state index contributed by atoms with van der Waals surface area (Å²) in [6.45, 7) is 1.85. The Balaban J connectivity index is 2.54. The molecule has 0 saturated heterocycles. The van der Waals surface area contributed by atoms with Gasteiger partial charge in [-0.3, -0.25) is 14.9 Å². The molecule has 0 atom stereocenters. The van der Waals surface area contributed by atoms with Gasteiger partial charge in [-0.1, -0.05) is 29.8 Å². The molecule has 0 aliphatic rings. The van der Waals surface area contributed by atoms with Crippen LogP contribution in [-0.2, 0) is 0 Å². The van der Waals surface area contributed by atoms with Crippen LogP contribution in [0.1, 0.15) is 21.5 Å². The SMILES string of the molecule is Cc1ccc(C(=O)c2cc([N+](=O)[O-])cc(O)c2O)cc1. The van der Waals surface area contributed by atoms with Gasteiger partial charge in [0, 0.05) is 11.6 Å². The number of aromatic hydroxyl groups is 2. The molecule has 2 aromatic carbocycles. The van der Waals surface area contributed by atoms with Crippen molar-refractivity contribution >= 4 is 11.5 Å². The third-order valence-corrected chi connectivity index (χ3v) is 2.84. The van der Waals surface area contributed by atoms with Gasteiger partial charge in [-0.2, -0.15) is 0 Å². The van der Waals surface area contributed by atoms with E-state index < -0.39 is 27.9 Å². The van der Waals surface area contributed by atoms with E-state index >= 15 is 0 Å². The number of benzene rings is 2. The fourth-order valence-electron chi connectivity index (χ4n) is 1.74. The Morgan fingerprint density at radius 1 is 1.15 bits per heavy atom. The molecule has 0 aliphatic heterocycles. The summed E-state index contributed by atoms with van der Waals surface area (Å²) < 4.78 is 0. The largest absolute Gasteiger partial charge is 0.504 e. The van der Waals surface area contributed by atoms with Gasteiger partial charge in [0.05, 0.1) is 16.6 Å². The zero-order valence-electron chi connectivity index (χ0n) is 10.5. The number of nitro benzene ring substituents is 1. The maximum Gasteiger partial charge on any atom is 0.274 e. The number of carbonyl (C=O) groups excluding carboxylic acids is 1. The van der Waals surface area contributed by atoms with Crippen LogP contribution >= 0.6 is 0 Å². The van der Waals surface area contributed by atoms with Crippen LogP contribution in [-0.4, -0.2) is 20.9 Å². The van der Waals surface area contributed by atoms with Gasteiger partial charge >= 0.3 is 0 Å². The Labute approximate surface area is 114 Å². The molecule has 0 bridgehead atoms. The van der Waals surface area contributed by atoms with Crippen molar-refractivity contribution in [3.8, 4) is 11.5 Å². The number of aryl methyl sites for hydroxylation is 1. The van der Waals surface area contributed by atoms with Crippen LogP contribution in [0.25, 0.3) is 0 Å². The molecule has 20 heavy (non-hydrogen) atoms. The minimum Gasteiger partial charge on any atom is -0.504 e. The first-order chi connectivity index (χ1) is 9.40. The van der Waals surface area contributed by atoms with E-state index in [0.29, 0.717) is 0 Å². The van der Waals surface area contributed by atoms with Gasteiger partial charge in [-0.05, 0) is 6.92 Å². The van der Waals surface area contributed by atoms with Crippen LogP contribution in [0.4, 0.5) is 5.69 Å². The molecule has 102 valence electrons. The van der Waals surface area contributed by atoms with Gasteiger partial charge in [0.25, 0.3) is 5.69 Å². The highest BCUT2D eigenvalue weighted by Crippen LogP contribution is 2.34. The summed E-state index contributed by atoms with van der Waals surface area (Å²) in [5.41, 5.74) is 0.453. The predicted molar refractivity (Wildman–Crippen MR) is 71.0 cm³/mol. The third kappa shape index (κ3) is 2.44. The molecule has 2 rings (SSSR count). The number of hydrogen-bond donors (Lipinski definition) is 2. The van der Waals surface area contributed by atoms with Crippen molar-refractivity contribution in [1.82, 2.24) is 0 Å².